The van der Waals surface area contributed by atoms with Crippen LogP contribution >= 0.6 is 0 Å². The molecule has 1 fully saturated rings. The number of anilines is 1. The lowest BCUT2D eigenvalue weighted by Crippen LogP contribution is -2.33. The Kier molecular flexibility index (Phi) is 5.18. The number of hydrogen-bond acceptors (Lipinski definition) is 3. The third-order valence-corrected chi connectivity index (χ3v) is 5.02. The molecule has 1 saturated heterocycles. The Morgan fingerprint density at radius 1 is 1.29 bits per heavy atom. The molecular formula is C19H21F3N4O2. The first-order valence-electron chi connectivity index (χ1n) is 8.88. The van der Waals surface area contributed by atoms with Gasteiger partial charge in [0.2, 0.25) is 11.8 Å². The summed E-state index contributed by atoms with van der Waals surface area (Å²) in [5.74, 6) is -2.87. The van der Waals surface area contributed by atoms with Crippen LogP contribution in [0.1, 0.15) is 29.8 Å². The minimum Gasteiger partial charge on any atom is -0.344 e. The number of hydrogen-bond donors (Lipinski definition) is 1. The van der Waals surface area contributed by atoms with Gasteiger partial charge in [0.05, 0.1) is 5.69 Å². The summed E-state index contributed by atoms with van der Waals surface area (Å²) in [7, 11) is 2.72. The van der Waals surface area contributed by atoms with Crippen molar-refractivity contribution in [1.82, 2.24) is 14.7 Å². The third kappa shape index (κ3) is 3.61. The highest BCUT2D eigenvalue weighted by Gasteiger charge is 2.46. The number of carbonyl (C=O) groups is 2. The van der Waals surface area contributed by atoms with Gasteiger partial charge in [0, 0.05) is 32.2 Å². The van der Waals surface area contributed by atoms with Gasteiger partial charge in [-0.25, -0.2) is 0 Å². The largest absolute Gasteiger partial charge is 0.433 e. The second-order valence-electron chi connectivity index (χ2n) is 6.88. The Bertz CT molecular complexity index is 907. The number of alkyl halides is 3. The highest BCUT2D eigenvalue weighted by Crippen LogP contribution is 2.37. The Morgan fingerprint density at radius 2 is 1.96 bits per heavy atom. The first kappa shape index (κ1) is 19.9. The maximum atomic E-state index is 13.1. The number of benzene rings is 1. The maximum absolute atomic E-state index is 13.1. The smallest absolute Gasteiger partial charge is 0.344 e. The van der Waals surface area contributed by atoms with Crippen molar-refractivity contribution < 1.29 is 22.8 Å². The summed E-state index contributed by atoms with van der Waals surface area (Å²) < 4.78 is 40.1. The van der Waals surface area contributed by atoms with Crippen LogP contribution in [0.2, 0.25) is 0 Å². The van der Waals surface area contributed by atoms with Crippen LogP contribution in [0.4, 0.5) is 18.9 Å². The Labute approximate surface area is 160 Å². The first-order valence-corrected chi connectivity index (χ1v) is 8.88. The quantitative estimate of drug-likeness (QED) is 0.811. The van der Waals surface area contributed by atoms with E-state index in [1.54, 1.807) is 12.1 Å². The fourth-order valence-corrected chi connectivity index (χ4v) is 3.56. The number of rotatable bonds is 4. The van der Waals surface area contributed by atoms with Crippen LogP contribution < -0.4 is 5.32 Å². The molecule has 3 rings (SSSR count). The van der Waals surface area contributed by atoms with E-state index in [9.17, 15) is 22.8 Å². The molecule has 1 aromatic heterocycles. The van der Waals surface area contributed by atoms with Gasteiger partial charge in [-0.1, -0.05) is 25.1 Å². The van der Waals surface area contributed by atoms with Crippen molar-refractivity contribution in [3.8, 4) is 0 Å². The monoisotopic (exact) mass is 394 g/mol. The van der Waals surface area contributed by atoms with Crippen LogP contribution in [0, 0.1) is 5.92 Å². The predicted molar refractivity (Wildman–Crippen MR) is 96.5 cm³/mol. The Morgan fingerprint density at radius 3 is 2.57 bits per heavy atom. The number of nitrogens with one attached hydrogen (secondary N) is 1. The van der Waals surface area contributed by atoms with E-state index >= 15 is 0 Å². The maximum Gasteiger partial charge on any atom is 0.433 e. The molecule has 1 aliphatic heterocycles. The standard InChI is InChI=1S/C19H21F3N4O2/c1-4-11-7-5-6-8-13(11)23-17(27)16-12(10-25(2)18(16)28)14-9-15(19(20,21)22)26(3)24-14/h5-9,12,16H,4,10H2,1-3H3,(H,23,27)/t12-,16+/m1/s1. The summed E-state index contributed by atoms with van der Waals surface area (Å²) in [4.78, 5) is 26.8. The molecule has 9 heteroatoms. The topological polar surface area (TPSA) is 67.2 Å². The van der Waals surface area contributed by atoms with E-state index in [4.69, 9.17) is 0 Å². The van der Waals surface area contributed by atoms with Crippen molar-refractivity contribution in [3.05, 3.63) is 47.3 Å². The van der Waals surface area contributed by atoms with Crippen molar-refractivity contribution in [2.45, 2.75) is 25.4 Å². The van der Waals surface area contributed by atoms with Gasteiger partial charge in [0.15, 0.2) is 0 Å². The van der Waals surface area contributed by atoms with Crippen molar-refractivity contribution in [1.29, 1.82) is 0 Å². The molecule has 1 aliphatic rings. The minimum atomic E-state index is -4.56. The molecular weight excluding hydrogens is 373 g/mol. The lowest BCUT2D eigenvalue weighted by Gasteiger charge is -2.16. The van der Waals surface area contributed by atoms with E-state index in [0.717, 1.165) is 16.3 Å². The van der Waals surface area contributed by atoms with E-state index < -0.39 is 35.5 Å². The van der Waals surface area contributed by atoms with Crippen molar-refractivity contribution >= 4 is 17.5 Å². The normalized spacial score (nSPS) is 19.9. The number of likely N-dealkylation sites (tertiary alicyclic amines) is 1. The Balaban J connectivity index is 1.92. The van der Waals surface area contributed by atoms with Gasteiger partial charge in [0.1, 0.15) is 11.6 Å². The van der Waals surface area contributed by atoms with E-state index in [1.807, 2.05) is 19.1 Å². The van der Waals surface area contributed by atoms with Crippen molar-refractivity contribution in [2.75, 3.05) is 18.9 Å². The molecule has 2 atom stereocenters. The lowest BCUT2D eigenvalue weighted by molar-refractivity contribution is -0.143. The number of likely N-dealkylation sites (N-methyl/N-ethyl adjacent to an activating group) is 1. The van der Waals surface area contributed by atoms with Crippen molar-refractivity contribution in [2.24, 2.45) is 13.0 Å². The van der Waals surface area contributed by atoms with Gasteiger partial charge in [-0.2, -0.15) is 18.3 Å². The van der Waals surface area contributed by atoms with Crippen LogP contribution in [-0.4, -0.2) is 40.1 Å². The molecule has 2 heterocycles. The molecule has 0 spiro atoms. The molecule has 2 amide bonds. The molecule has 1 N–H and O–H groups in total. The third-order valence-electron chi connectivity index (χ3n) is 5.02. The zero-order valence-electron chi connectivity index (χ0n) is 15.7. The zero-order chi connectivity index (χ0) is 20.6. The van der Waals surface area contributed by atoms with Gasteiger partial charge in [-0.05, 0) is 24.1 Å². The minimum absolute atomic E-state index is 0.0800. The zero-order valence-corrected chi connectivity index (χ0v) is 15.7. The summed E-state index contributed by atoms with van der Waals surface area (Å²) >= 11 is 0. The highest BCUT2D eigenvalue weighted by atomic mass is 19.4. The number of aromatic nitrogens is 2. The summed E-state index contributed by atoms with van der Waals surface area (Å²) in [6.07, 6.45) is -3.88. The van der Waals surface area contributed by atoms with Gasteiger partial charge in [-0.3, -0.25) is 14.3 Å². The molecule has 150 valence electrons. The average Bonchev–Trinajstić information content (AvgIpc) is 3.15. The molecule has 0 unspecified atom stereocenters. The second-order valence-corrected chi connectivity index (χ2v) is 6.88. The predicted octanol–water partition coefficient (Wildman–Crippen LogP) is 2.81. The van der Waals surface area contributed by atoms with Crippen LogP contribution in [0.5, 0.6) is 0 Å². The van der Waals surface area contributed by atoms with Gasteiger partial charge < -0.3 is 10.2 Å². The first-order chi connectivity index (χ1) is 13.1. The lowest BCUT2D eigenvalue weighted by atomic mass is 9.91. The number of para-hydroxylation sites is 1. The fraction of sp³-hybridized carbons (Fsp3) is 0.421. The SMILES string of the molecule is CCc1ccccc1NC(=O)[C@H]1C(=O)N(C)C[C@@H]1c1cc(C(F)(F)F)n(C)n1. The highest BCUT2D eigenvalue weighted by molar-refractivity contribution is 6.08. The van der Waals surface area contributed by atoms with Crippen LogP contribution in [0.25, 0.3) is 0 Å². The number of halogens is 3. The fourth-order valence-electron chi connectivity index (χ4n) is 3.56. The number of aryl methyl sites for hydroxylation is 2. The number of nitrogens with zero attached hydrogens (tertiary/aromatic N) is 3. The molecule has 0 bridgehead atoms. The summed E-state index contributed by atoms with van der Waals surface area (Å²) in [5.41, 5.74) is 0.660. The summed E-state index contributed by atoms with van der Waals surface area (Å²) in [6.45, 7) is 2.06. The Hall–Kier alpha value is -2.84. The van der Waals surface area contributed by atoms with Crippen molar-refractivity contribution in [3.63, 3.8) is 0 Å². The number of carbonyl (C=O) groups excluding carboxylic acids is 2. The molecule has 0 radical (unpaired) electrons. The van der Waals surface area contributed by atoms with Crippen LogP contribution in [-0.2, 0) is 29.2 Å². The molecule has 0 aliphatic carbocycles. The second kappa shape index (κ2) is 7.29. The summed E-state index contributed by atoms with van der Waals surface area (Å²) in [5, 5.41) is 6.70. The number of amides is 2. The van der Waals surface area contributed by atoms with E-state index in [1.165, 1.54) is 19.0 Å². The molecule has 2 aromatic rings. The van der Waals surface area contributed by atoms with E-state index in [-0.39, 0.29) is 12.2 Å². The van der Waals surface area contributed by atoms with Gasteiger partial charge in [-0.15, -0.1) is 0 Å². The molecule has 0 saturated carbocycles. The van der Waals surface area contributed by atoms with Gasteiger partial charge >= 0.3 is 6.18 Å². The van der Waals surface area contributed by atoms with E-state index in [0.29, 0.717) is 12.1 Å². The summed E-state index contributed by atoms with van der Waals surface area (Å²) in [6, 6.07) is 8.13. The van der Waals surface area contributed by atoms with Crippen LogP contribution in [0.15, 0.2) is 30.3 Å². The van der Waals surface area contributed by atoms with Gasteiger partial charge in [0.25, 0.3) is 0 Å². The molecule has 6 nitrogen and oxygen atoms in total. The average molecular weight is 394 g/mol. The van der Waals surface area contributed by atoms with E-state index in [2.05, 4.69) is 10.4 Å². The molecule has 28 heavy (non-hydrogen) atoms. The molecule has 1 aromatic carbocycles. The van der Waals surface area contributed by atoms with Crippen LogP contribution in [0.3, 0.4) is 0 Å².